The summed E-state index contributed by atoms with van der Waals surface area (Å²) in [7, 11) is 6.01. The van der Waals surface area contributed by atoms with Crippen LogP contribution in [0.2, 0.25) is 0 Å². The molecule has 2 unspecified atom stereocenters. The fraction of sp³-hybridized carbons (Fsp3) is 0.933. The molecule has 2 atom stereocenters. The van der Waals surface area contributed by atoms with Crippen molar-refractivity contribution < 1.29 is 4.79 Å². The lowest BCUT2D eigenvalue weighted by Crippen LogP contribution is -2.51. The molecule has 5 heteroatoms. The average molecular weight is 302 g/mol. The number of amides is 2. The monoisotopic (exact) mass is 301 g/mol. The highest BCUT2D eigenvalue weighted by Crippen LogP contribution is 2.32. The quantitative estimate of drug-likeness (QED) is 0.819. The topological polar surface area (TPSA) is 35.6 Å². The van der Waals surface area contributed by atoms with Crippen LogP contribution >= 0.6 is 11.8 Å². The van der Waals surface area contributed by atoms with Crippen LogP contribution < -0.4 is 5.32 Å². The molecule has 4 nitrogen and oxygen atoms in total. The minimum absolute atomic E-state index is 0.0211. The van der Waals surface area contributed by atoms with Crippen LogP contribution in [0.4, 0.5) is 4.79 Å². The third-order valence-corrected chi connectivity index (χ3v) is 5.74. The molecule has 1 fully saturated rings. The average Bonchev–Trinajstić information content (AvgIpc) is 2.84. The van der Waals surface area contributed by atoms with Gasteiger partial charge in [-0.1, -0.05) is 6.92 Å². The lowest BCUT2D eigenvalue weighted by molar-refractivity contribution is 0.166. The normalized spacial score (nSPS) is 23.1. The molecular formula is C15H31N3OS. The van der Waals surface area contributed by atoms with Gasteiger partial charge < -0.3 is 15.1 Å². The Morgan fingerprint density at radius 1 is 1.30 bits per heavy atom. The second-order valence-corrected chi connectivity index (χ2v) is 8.10. The Morgan fingerprint density at radius 3 is 2.50 bits per heavy atom. The molecule has 0 radical (unpaired) electrons. The van der Waals surface area contributed by atoms with E-state index in [0.29, 0.717) is 12.6 Å². The van der Waals surface area contributed by atoms with Crippen molar-refractivity contribution in [1.29, 1.82) is 0 Å². The van der Waals surface area contributed by atoms with E-state index in [1.165, 1.54) is 12.2 Å². The number of nitrogens with zero attached hydrogens (tertiary/aromatic N) is 2. The zero-order valence-corrected chi connectivity index (χ0v) is 14.7. The number of hydrogen-bond acceptors (Lipinski definition) is 3. The molecule has 0 saturated heterocycles. The van der Waals surface area contributed by atoms with E-state index in [4.69, 9.17) is 0 Å². The highest BCUT2D eigenvalue weighted by atomic mass is 32.2. The van der Waals surface area contributed by atoms with Crippen LogP contribution in [-0.2, 0) is 0 Å². The Balaban J connectivity index is 2.40. The summed E-state index contributed by atoms with van der Waals surface area (Å²) >= 11 is 2.03. The molecule has 0 heterocycles. The van der Waals surface area contributed by atoms with Gasteiger partial charge in [-0.25, -0.2) is 4.79 Å². The largest absolute Gasteiger partial charge is 0.336 e. The number of thioether (sulfide) groups is 1. The third kappa shape index (κ3) is 4.85. The maximum atomic E-state index is 12.3. The number of urea groups is 1. The van der Waals surface area contributed by atoms with E-state index in [1.54, 1.807) is 0 Å². The standard InChI is InChI=1S/C15H31N3OS/c1-7-20-13-9-8-12(10-13)18(6)14(19)16-11-15(2,3)17(4)5/h12-13H,7-11H2,1-6H3,(H,16,19). The van der Waals surface area contributed by atoms with Crippen LogP contribution in [0.1, 0.15) is 40.0 Å². The summed E-state index contributed by atoms with van der Waals surface area (Å²) in [4.78, 5) is 16.3. The van der Waals surface area contributed by atoms with Crippen LogP contribution in [0, 0.1) is 0 Å². The molecule has 0 aliphatic heterocycles. The van der Waals surface area contributed by atoms with Crippen molar-refractivity contribution >= 4 is 17.8 Å². The van der Waals surface area contributed by atoms with Crippen molar-refractivity contribution in [3.8, 4) is 0 Å². The molecule has 0 aromatic heterocycles. The molecule has 1 aliphatic carbocycles. The number of carbonyl (C=O) groups is 1. The Bertz CT molecular complexity index is 320. The SMILES string of the molecule is CCSC1CCC(N(C)C(=O)NCC(C)(C)N(C)C)C1. The van der Waals surface area contributed by atoms with Crippen LogP contribution in [-0.4, -0.2) is 66.1 Å². The van der Waals surface area contributed by atoms with Crippen LogP contribution in [0.5, 0.6) is 0 Å². The molecular weight excluding hydrogens is 270 g/mol. The number of nitrogens with one attached hydrogen (secondary N) is 1. The summed E-state index contributed by atoms with van der Waals surface area (Å²) in [5.41, 5.74) is -0.0211. The van der Waals surface area contributed by atoms with Gasteiger partial charge in [-0.15, -0.1) is 0 Å². The van der Waals surface area contributed by atoms with E-state index in [0.717, 1.165) is 18.1 Å². The predicted molar refractivity (Wildman–Crippen MR) is 88.5 cm³/mol. The van der Waals surface area contributed by atoms with Crippen LogP contribution in [0.15, 0.2) is 0 Å². The van der Waals surface area contributed by atoms with Gasteiger partial charge in [0.05, 0.1) is 0 Å². The molecule has 1 saturated carbocycles. The third-order valence-electron chi connectivity index (χ3n) is 4.51. The van der Waals surface area contributed by atoms with Gasteiger partial charge in [0.15, 0.2) is 0 Å². The molecule has 0 aromatic carbocycles. The smallest absolute Gasteiger partial charge is 0.317 e. The first-order chi connectivity index (χ1) is 9.27. The van der Waals surface area contributed by atoms with E-state index >= 15 is 0 Å². The Kier molecular flexibility index (Phi) is 6.65. The van der Waals surface area contributed by atoms with Gasteiger partial charge >= 0.3 is 6.03 Å². The van der Waals surface area contributed by atoms with Gasteiger partial charge in [0.2, 0.25) is 0 Å². The van der Waals surface area contributed by atoms with E-state index in [9.17, 15) is 4.79 Å². The molecule has 20 heavy (non-hydrogen) atoms. The van der Waals surface area contributed by atoms with Crippen LogP contribution in [0.25, 0.3) is 0 Å². The highest BCUT2D eigenvalue weighted by molar-refractivity contribution is 7.99. The summed E-state index contributed by atoms with van der Waals surface area (Å²) in [6.45, 7) is 7.15. The molecule has 2 amide bonds. The van der Waals surface area contributed by atoms with Gasteiger partial charge in [0, 0.05) is 30.4 Å². The summed E-state index contributed by atoms with van der Waals surface area (Å²) in [6.07, 6.45) is 3.52. The Morgan fingerprint density at radius 2 is 1.95 bits per heavy atom. The van der Waals surface area contributed by atoms with Crippen LogP contribution in [0.3, 0.4) is 0 Å². The molecule has 1 N–H and O–H groups in total. The van der Waals surface area contributed by atoms with Crippen molar-refractivity contribution in [3.63, 3.8) is 0 Å². The second kappa shape index (κ2) is 7.55. The van der Waals surface area contributed by atoms with E-state index in [1.807, 2.05) is 37.8 Å². The minimum Gasteiger partial charge on any atom is -0.336 e. The van der Waals surface area contributed by atoms with Gasteiger partial charge in [0.1, 0.15) is 0 Å². The van der Waals surface area contributed by atoms with Crippen molar-refractivity contribution in [2.45, 2.75) is 56.9 Å². The molecule has 0 bridgehead atoms. The van der Waals surface area contributed by atoms with E-state index in [2.05, 4.69) is 31.0 Å². The maximum Gasteiger partial charge on any atom is 0.317 e. The molecule has 118 valence electrons. The summed E-state index contributed by atoms with van der Waals surface area (Å²) in [5.74, 6) is 1.17. The van der Waals surface area contributed by atoms with Crippen molar-refractivity contribution in [2.24, 2.45) is 0 Å². The summed E-state index contributed by atoms with van der Waals surface area (Å²) in [6, 6.07) is 0.466. The molecule has 1 aliphatic rings. The number of hydrogen-bond donors (Lipinski definition) is 1. The fourth-order valence-corrected chi connectivity index (χ4v) is 3.53. The van der Waals surface area contributed by atoms with Crippen molar-refractivity contribution in [3.05, 3.63) is 0 Å². The summed E-state index contributed by atoms with van der Waals surface area (Å²) in [5, 5.41) is 3.80. The van der Waals surface area contributed by atoms with Crippen molar-refractivity contribution in [1.82, 2.24) is 15.1 Å². The number of rotatable bonds is 6. The van der Waals surface area contributed by atoms with Gasteiger partial charge in [-0.3, -0.25) is 0 Å². The first kappa shape index (κ1) is 17.6. The van der Waals surface area contributed by atoms with E-state index in [-0.39, 0.29) is 11.6 Å². The Hall–Kier alpha value is -0.420. The van der Waals surface area contributed by atoms with Gasteiger partial charge in [-0.05, 0) is 53.0 Å². The predicted octanol–water partition coefficient (Wildman–Crippen LogP) is 2.64. The first-order valence-electron chi connectivity index (χ1n) is 7.57. The molecule has 0 spiro atoms. The zero-order valence-electron chi connectivity index (χ0n) is 13.9. The number of likely N-dealkylation sites (N-methyl/N-ethyl adjacent to an activating group) is 1. The maximum absolute atomic E-state index is 12.3. The lowest BCUT2D eigenvalue weighted by atomic mass is 10.0. The second-order valence-electron chi connectivity index (χ2n) is 6.52. The zero-order chi connectivity index (χ0) is 15.3. The van der Waals surface area contributed by atoms with Crippen molar-refractivity contribution in [2.75, 3.05) is 33.4 Å². The number of carbonyl (C=O) groups excluding carboxylic acids is 1. The molecule has 1 rings (SSSR count). The van der Waals surface area contributed by atoms with E-state index < -0.39 is 0 Å². The molecule has 0 aromatic rings. The van der Waals surface area contributed by atoms with Gasteiger partial charge in [-0.2, -0.15) is 11.8 Å². The first-order valence-corrected chi connectivity index (χ1v) is 8.62. The Labute approximate surface area is 128 Å². The fourth-order valence-electron chi connectivity index (χ4n) is 2.40. The summed E-state index contributed by atoms with van der Waals surface area (Å²) < 4.78 is 0. The highest BCUT2D eigenvalue weighted by Gasteiger charge is 2.30. The minimum atomic E-state index is -0.0211. The lowest BCUT2D eigenvalue weighted by Gasteiger charge is -2.34. The van der Waals surface area contributed by atoms with Gasteiger partial charge in [0.25, 0.3) is 0 Å².